The maximum Gasteiger partial charge on any atom is 0.494 e. The number of hydrogen-bond acceptors (Lipinski definition) is 4. The summed E-state index contributed by atoms with van der Waals surface area (Å²) in [6, 6.07) is 78.2. The van der Waals surface area contributed by atoms with E-state index in [1.165, 1.54) is 294 Å². The summed E-state index contributed by atoms with van der Waals surface area (Å²) in [6.07, 6.45) is 35.8. The van der Waals surface area contributed by atoms with E-state index in [0.717, 1.165) is 28.2 Å². The second-order valence-corrected chi connectivity index (χ2v) is 48.9. The summed E-state index contributed by atoms with van der Waals surface area (Å²) >= 11 is 7.96. The van der Waals surface area contributed by atoms with Gasteiger partial charge in [0.1, 0.15) is 0 Å². The van der Waals surface area contributed by atoms with Gasteiger partial charge in [0, 0.05) is 19.8 Å². The van der Waals surface area contributed by atoms with Gasteiger partial charge < -0.3 is 18.6 Å². The monoisotopic (exact) mass is 1890 g/mol. The fourth-order valence-corrected chi connectivity index (χ4v) is 24.2. The second kappa shape index (κ2) is 39.2. The molecule has 10 aromatic rings. The summed E-state index contributed by atoms with van der Waals surface area (Å²) in [6.45, 7) is 54.5. The molecule has 2 fully saturated rings. The molecule has 0 atom stereocenters. The summed E-state index contributed by atoms with van der Waals surface area (Å²) in [5.74, 6) is 0. The first-order valence-electron chi connectivity index (χ1n) is 52.0. The first kappa shape index (κ1) is 99.6. The fourth-order valence-electron chi connectivity index (χ4n) is 23.5. The number of unbranched alkanes of at least 4 members (excludes halogenated alkanes) is 20. The van der Waals surface area contributed by atoms with E-state index in [4.69, 9.17) is 18.6 Å². The van der Waals surface area contributed by atoms with E-state index in [1.807, 2.05) is 0 Å². The molecule has 4 nitrogen and oxygen atoms in total. The van der Waals surface area contributed by atoms with E-state index in [1.54, 1.807) is 11.1 Å². The summed E-state index contributed by atoms with van der Waals surface area (Å²) in [4.78, 5) is 0. The van der Waals surface area contributed by atoms with Crippen molar-refractivity contribution in [2.24, 2.45) is 0 Å². The van der Waals surface area contributed by atoms with Gasteiger partial charge in [0.2, 0.25) is 0 Å². The number of benzene rings is 10. The van der Waals surface area contributed by atoms with Crippen LogP contribution in [0.15, 0.2) is 203 Å². The molecule has 8 heteroatoms. The van der Waals surface area contributed by atoms with Crippen molar-refractivity contribution >= 4 is 57.0 Å². The van der Waals surface area contributed by atoms with Crippen molar-refractivity contribution in [3.63, 3.8) is 0 Å². The Morgan fingerprint density at radius 3 is 0.712 bits per heavy atom. The van der Waals surface area contributed by atoms with Crippen molar-refractivity contribution in [1.82, 2.24) is 0 Å². The third-order valence-corrected chi connectivity index (χ3v) is 33.8. The Bertz CT molecular complexity index is 5520. The third-order valence-electron chi connectivity index (χ3n) is 32.8. The van der Waals surface area contributed by atoms with Gasteiger partial charge in [-0.2, -0.15) is 0 Å². The van der Waals surface area contributed by atoms with Gasteiger partial charge in [-0.25, -0.2) is 0 Å². The molecule has 132 heavy (non-hydrogen) atoms. The first-order valence-corrected chi connectivity index (χ1v) is 53.6. The van der Waals surface area contributed by atoms with E-state index in [2.05, 4.69) is 392 Å². The molecule has 0 N–H and O–H groups in total. The van der Waals surface area contributed by atoms with Crippen molar-refractivity contribution in [3.05, 3.63) is 292 Å². The van der Waals surface area contributed by atoms with Crippen LogP contribution in [0, 0.1) is 0 Å². The Morgan fingerprint density at radius 2 is 0.432 bits per heavy atom. The third kappa shape index (κ3) is 19.0. The molecule has 0 spiro atoms. The highest BCUT2D eigenvalue weighted by Crippen LogP contribution is 2.66. The lowest BCUT2D eigenvalue weighted by Crippen LogP contribution is -2.41. The van der Waals surface area contributed by atoms with E-state index >= 15 is 0 Å². The highest BCUT2D eigenvalue weighted by molar-refractivity contribution is 9.10. The minimum absolute atomic E-state index is 0.00246. The van der Waals surface area contributed by atoms with Gasteiger partial charge in [-0.15, -0.1) is 0 Å². The Balaban J connectivity index is 0.000000208. The molecule has 6 aliphatic rings. The van der Waals surface area contributed by atoms with Crippen LogP contribution in [0.2, 0.25) is 0 Å². The molecule has 2 aliphatic heterocycles. The molecule has 700 valence electrons. The van der Waals surface area contributed by atoms with Gasteiger partial charge in [0.15, 0.2) is 0 Å². The normalized spacial score (nSPS) is 17.4. The summed E-state index contributed by atoms with van der Waals surface area (Å²) in [5.41, 5.74) is 32.5. The maximum atomic E-state index is 6.87. The molecule has 10 aromatic carbocycles. The molecule has 2 heterocycles. The van der Waals surface area contributed by atoms with E-state index in [0.29, 0.717) is 0 Å². The van der Waals surface area contributed by atoms with Gasteiger partial charge >= 0.3 is 14.2 Å². The fraction of sp³-hybridized carbons (Fsp3) is 0.516. The van der Waals surface area contributed by atoms with E-state index < -0.39 is 47.5 Å². The molecular weight excluding hydrogens is 1730 g/mol. The van der Waals surface area contributed by atoms with Crippen LogP contribution in [0.25, 0.3) is 44.5 Å². The molecular formula is C124H160B2Br2O4. The molecule has 0 saturated carbocycles. The van der Waals surface area contributed by atoms with Crippen LogP contribution in [0.3, 0.4) is 0 Å². The highest BCUT2D eigenvalue weighted by Gasteiger charge is 2.57. The highest BCUT2D eigenvalue weighted by atomic mass is 79.9. The molecule has 16 rings (SSSR count). The number of fused-ring (bicyclic) bond motifs is 12. The summed E-state index contributed by atoms with van der Waals surface area (Å²) < 4.78 is 29.8. The lowest BCUT2D eigenvalue weighted by Gasteiger charge is -2.36. The number of halogens is 2. The molecule has 0 radical (unpaired) electrons. The van der Waals surface area contributed by atoms with Gasteiger partial charge in [-0.3, -0.25) is 0 Å². The Morgan fingerprint density at radius 1 is 0.227 bits per heavy atom. The Labute approximate surface area is 817 Å². The van der Waals surface area contributed by atoms with Crippen LogP contribution in [-0.4, -0.2) is 36.6 Å². The molecule has 4 aliphatic carbocycles. The first-order chi connectivity index (χ1) is 62.6. The van der Waals surface area contributed by atoms with Crippen molar-refractivity contribution in [2.75, 3.05) is 0 Å². The van der Waals surface area contributed by atoms with Crippen LogP contribution < -0.4 is 10.9 Å². The lowest BCUT2D eigenvalue weighted by molar-refractivity contribution is 0.00578. The largest absolute Gasteiger partial charge is 0.494 e. The SMILES string of the molecule is CCCCCCCCC1(CCCCCCCC)c2cc(B3OC(C)(C)C(C)(C)O3)ccc2-c2cc3c(cc21)-c1ccc(B2OC(C)(C)C(C)(C)O2)cc1C3(c1ccc(C(C)(C)C)cc1)c1ccc(C(C)(C)C)cc1.CCCCCCCCC1(CCCCCCCC)c2cc(Br)ccc2-c2cc3c(cc21)-c1ccc(Br)cc1C3(c1ccc(C(C)(C)C)cc1)c1ccc(C(C)(C)C)cc1. The predicted molar refractivity (Wildman–Crippen MR) is 574 cm³/mol. The van der Waals surface area contributed by atoms with E-state index in [9.17, 15) is 0 Å². The maximum absolute atomic E-state index is 6.87. The van der Waals surface area contributed by atoms with Crippen molar-refractivity contribution in [1.29, 1.82) is 0 Å². The van der Waals surface area contributed by atoms with Crippen molar-refractivity contribution in [2.45, 2.75) is 412 Å². The minimum Gasteiger partial charge on any atom is -0.399 e. The average molecular weight is 1900 g/mol. The topological polar surface area (TPSA) is 36.9 Å². The zero-order valence-corrected chi connectivity index (χ0v) is 89.0. The van der Waals surface area contributed by atoms with Gasteiger partial charge in [-0.05, 0) is 296 Å². The number of hydrogen-bond donors (Lipinski definition) is 0. The zero-order chi connectivity index (χ0) is 94.6. The van der Waals surface area contributed by atoms with Crippen molar-refractivity contribution < 1.29 is 18.6 Å². The zero-order valence-electron chi connectivity index (χ0n) is 85.8. The molecule has 0 bridgehead atoms. The summed E-state index contributed by atoms with van der Waals surface area (Å²) in [7, 11) is -0.916. The van der Waals surface area contributed by atoms with Crippen LogP contribution in [0.5, 0.6) is 0 Å². The van der Waals surface area contributed by atoms with Crippen LogP contribution in [-0.2, 0) is 61.9 Å². The van der Waals surface area contributed by atoms with Crippen LogP contribution in [0.1, 0.15) is 435 Å². The molecule has 0 aromatic heterocycles. The van der Waals surface area contributed by atoms with Gasteiger partial charge in [-0.1, -0.05) is 442 Å². The molecule has 0 amide bonds. The average Bonchev–Trinajstić information content (AvgIpc) is 1.66. The van der Waals surface area contributed by atoms with Gasteiger partial charge in [0.05, 0.1) is 33.2 Å². The Kier molecular flexibility index (Phi) is 29.6. The smallest absolute Gasteiger partial charge is 0.399 e. The molecule has 2 saturated heterocycles. The van der Waals surface area contributed by atoms with E-state index in [-0.39, 0.29) is 32.5 Å². The molecule has 0 unspecified atom stereocenters. The predicted octanol–water partition coefficient (Wildman–Crippen LogP) is 34.9. The van der Waals surface area contributed by atoms with Crippen molar-refractivity contribution in [3.8, 4) is 44.5 Å². The Hall–Kier alpha value is -6.87. The van der Waals surface area contributed by atoms with Gasteiger partial charge in [0.25, 0.3) is 0 Å². The lowest BCUT2D eigenvalue weighted by atomic mass is 9.65. The van der Waals surface area contributed by atoms with Crippen LogP contribution in [0.4, 0.5) is 0 Å². The second-order valence-electron chi connectivity index (χ2n) is 47.1. The number of rotatable bonds is 34. The standard InChI is InChI=1S/C68H92B2O4.C56H68Br2/c1-17-19-21-23-25-27-41-67(42-28-26-24-22-20-18-2)57-43-51(69-71-63(9,10)64(11,12)72-69)37-39-53(57)55-46-60-56(45-58(55)67)54-40-38-52(70-73-65(13,14)66(15,16)74-70)44-59(54)68(60,49-33-29-47(30-34-49)61(3,4)5)50-35-31-48(32-36-50)62(6,7)8;1-9-11-13-15-17-19-33-55(34-20-18-16-14-12-10-2)49-35-43(57)29-31-45(49)47-38-52-48(37-50(47)55)46-32-30-44(58)36-51(46)56(52,41-25-21-39(22-26-41)53(3,4)5)42-27-23-40(24-28-42)54(6,7)8/h29-40,43-46H,17-28,41-42H2,1-16H3;21-32,35-38H,9-20,33-34H2,1-8H3. The quantitative estimate of drug-likeness (QED) is 0.0298. The summed E-state index contributed by atoms with van der Waals surface area (Å²) in [5, 5.41) is 0. The van der Waals surface area contributed by atoms with Crippen LogP contribution >= 0.6 is 31.9 Å². The minimum atomic E-state index is -0.640.